The van der Waals surface area contributed by atoms with E-state index >= 15 is 0 Å². The van der Waals surface area contributed by atoms with Gasteiger partial charge >= 0.3 is 0 Å². The van der Waals surface area contributed by atoms with Crippen LogP contribution >= 0.6 is 0 Å². The third-order valence-electron chi connectivity index (χ3n) is 3.08. The van der Waals surface area contributed by atoms with Gasteiger partial charge in [0.05, 0.1) is 5.84 Å². The van der Waals surface area contributed by atoms with E-state index in [9.17, 15) is 0 Å². The molecule has 0 aromatic heterocycles. The van der Waals surface area contributed by atoms with Crippen LogP contribution in [0.15, 0.2) is 4.99 Å². The molecule has 82 valence electrons. The molecular weight excluding hydrogens is 172 g/mol. The van der Waals surface area contributed by atoms with Crippen molar-refractivity contribution in [2.24, 2.45) is 16.6 Å². The lowest BCUT2D eigenvalue weighted by Gasteiger charge is -2.20. The molecule has 0 saturated heterocycles. The molecule has 2 nitrogen and oxygen atoms in total. The lowest BCUT2D eigenvalue weighted by Crippen LogP contribution is -2.26. The number of hydrogen-bond acceptors (Lipinski definition) is 1. The molecule has 0 atom stereocenters. The van der Waals surface area contributed by atoms with Gasteiger partial charge in [-0.25, -0.2) is 0 Å². The number of aliphatic imine (C=N–C) groups is 1. The number of hydrogen-bond donors (Lipinski definition) is 1. The first-order chi connectivity index (χ1) is 6.84. The Morgan fingerprint density at radius 1 is 1.21 bits per heavy atom. The van der Waals surface area contributed by atoms with Gasteiger partial charge in [0.1, 0.15) is 0 Å². The zero-order valence-electron chi connectivity index (χ0n) is 9.47. The summed E-state index contributed by atoms with van der Waals surface area (Å²) in [4.78, 5) is 4.48. The minimum Gasteiger partial charge on any atom is -0.387 e. The van der Waals surface area contributed by atoms with E-state index < -0.39 is 0 Å². The number of nitrogens with zero attached hydrogens (tertiary/aromatic N) is 1. The van der Waals surface area contributed by atoms with E-state index in [1.165, 1.54) is 51.4 Å². The number of amidine groups is 1. The van der Waals surface area contributed by atoms with Crippen molar-refractivity contribution in [2.75, 3.05) is 6.54 Å². The van der Waals surface area contributed by atoms with E-state index in [1.807, 2.05) is 0 Å². The summed E-state index contributed by atoms with van der Waals surface area (Å²) in [5, 5.41) is 0. The van der Waals surface area contributed by atoms with Crippen LogP contribution in [0.2, 0.25) is 0 Å². The van der Waals surface area contributed by atoms with E-state index in [1.54, 1.807) is 0 Å². The molecular formula is C12H24N2. The molecule has 0 unspecified atom stereocenters. The first kappa shape index (κ1) is 11.5. The van der Waals surface area contributed by atoms with E-state index in [0.717, 1.165) is 12.4 Å². The van der Waals surface area contributed by atoms with E-state index in [2.05, 4.69) is 11.9 Å². The molecule has 0 spiro atoms. The summed E-state index contributed by atoms with van der Waals surface area (Å²) in [6.07, 6.45) is 10.3. The highest BCUT2D eigenvalue weighted by Gasteiger charge is 2.16. The van der Waals surface area contributed by atoms with Crippen molar-refractivity contribution in [1.82, 2.24) is 0 Å². The topological polar surface area (TPSA) is 38.4 Å². The van der Waals surface area contributed by atoms with E-state index in [4.69, 9.17) is 5.73 Å². The molecule has 2 N–H and O–H groups in total. The summed E-state index contributed by atoms with van der Waals surface area (Å²) >= 11 is 0. The lowest BCUT2D eigenvalue weighted by molar-refractivity contribution is 0.436. The highest BCUT2D eigenvalue weighted by atomic mass is 14.9. The molecule has 14 heavy (non-hydrogen) atoms. The van der Waals surface area contributed by atoms with Crippen LogP contribution in [0.1, 0.15) is 58.3 Å². The third-order valence-corrected chi connectivity index (χ3v) is 3.08. The van der Waals surface area contributed by atoms with Crippen molar-refractivity contribution in [3.63, 3.8) is 0 Å². The Kier molecular flexibility index (Phi) is 5.65. The predicted molar refractivity (Wildman–Crippen MR) is 62.6 cm³/mol. The van der Waals surface area contributed by atoms with Crippen molar-refractivity contribution in [2.45, 2.75) is 58.3 Å². The second-order valence-electron chi connectivity index (χ2n) is 4.35. The summed E-state index contributed by atoms with van der Waals surface area (Å²) in [6, 6.07) is 0. The molecule has 1 fully saturated rings. The second-order valence-corrected chi connectivity index (χ2v) is 4.35. The van der Waals surface area contributed by atoms with E-state index in [0.29, 0.717) is 5.92 Å². The first-order valence-electron chi connectivity index (χ1n) is 6.14. The fourth-order valence-electron chi connectivity index (χ4n) is 2.10. The summed E-state index contributed by atoms with van der Waals surface area (Å²) in [6.45, 7) is 3.16. The molecule has 1 rings (SSSR count). The van der Waals surface area contributed by atoms with Crippen molar-refractivity contribution in [1.29, 1.82) is 0 Å². The molecule has 2 heteroatoms. The summed E-state index contributed by atoms with van der Waals surface area (Å²) in [7, 11) is 0. The van der Waals surface area contributed by atoms with Crippen molar-refractivity contribution >= 4 is 5.84 Å². The van der Waals surface area contributed by atoms with Gasteiger partial charge in [-0.05, 0) is 19.3 Å². The normalized spacial score (nSPS) is 19.9. The van der Waals surface area contributed by atoms with Crippen LogP contribution < -0.4 is 5.73 Å². The van der Waals surface area contributed by atoms with Crippen molar-refractivity contribution < 1.29 is 0 Å². The highest BCUT2D eigenvalue weighted by molar-refractivity contribution is 5.82. The van der Waals surface area contributed by atoms with Crippen molar-refractivity contribution in [3.05, 3.63) is 0 Å². The Hall–Kier alpha value is -0.530. The Morgan fingerprint density at radius 3 is 2.57 bits per heavy atom. The van der Waals surface area contributed by atoms with Gasteiger partial charge in [0.15, 0.2) is 0 Å². The van der Waals surface area contributed by atoms with Gasteiger partial charge < -0.3 is 5.73 Å². The molecule has 0 amide bonds. The molecule has 1 aliphatic carbocycles. The fourth-order valence-corrected chi connectivity index (χ4v) is 2.10. The van der Waals surface area contributed by atoms with Gasteiger partial charge in [-0.3, -0.25) is 4.99 Å². The Labute approximate surface area is 88.0 Å². The quantitative estimate of drug-likeness (QED) is 0.409. The maximum atomic E-state index is 5.98. The van der Waals surface area contributed by atoms with Crippen molar-refractivity contribution in [3.8, 4) is 0 Å². The summed E-state index contributed by atoms with van der Waals surface area (Å²) in [5.74, 6) is 1.53. The van der Waals surface area contributed by atoms with Gasteiger partial charge in [0.25, 0.3) is 0 Å². The second kappa shape index (κ2) is 6.86. The molecule has 1 saturated carbocycles. The average Bonchev–Trinajstić information content (AvgIpc) is 2.25. The largest absolute Gasteiger partial charge is 0.387 e. The van der Waals surface area contributed by atoms with Gasteiger partial charge in [0.2, 0.25) is 0 Å². The van der Waals surface area contributed by atoms with Crippen LogP contribution in [-0.2, 0) is 0 Å². The van der Waals surface area contributed by atoms with Gasteiger partial charge in [0, 0.05) is 12.5 Å². The SMILES string of the molecule is CCCCCN=C(N)C1CCCCC1. The average molecular weight is 196 g/mol. The molecule has 0 aliphatic heterocycles. The zero-order valence-corrected chi connectivity index (χ0v) is 9.47. The molecule has 1 aliphatic rings. The van der Waals surface area contributed by atoms with E-state index in [-0.39, 0.29) is 0 Å². The minimum absolute atomic E-state index is 0.602. The lowest BCUT2D eigenvalue weighted by atomic mass is 9.88. The van der Waals surface area contributed by atoms with Crippen LogP contribution in [0, 0.1) is 5.92 Å². The van der Waals surface area contributed by atoms with Gasteiger partial charge in [-0.1, -0.05) is 39.0 Å². The van der Waals surface area contributed by atoms with Crippen LogP contribution in [0.5, 0.6) is 0 Å². The molecule has 0 aromatic rings. The maximum absolute atomic E-state index is 5.98. The summed E-state index contributed by atoms with van der Waals surface area (Å²) < 4.78 is 0. The molecule has 0 radical (unpaired) electrons. The first-order valence-corrected chi connectivity index (χ1v) is 6.14. The predicted octanol–water partition coefficient (Wildman–Crippen LogP) is 3.11. The Balaban J connectivity index is 2.20. The minimum atomic E-state index is 0.602. The Morgan fingerprint density at radius 2 is 1.93 bits per heavy atom. The van der Waals surface area contributed by atoms with Gasteiger partial charge in [-0.15, -0.1) is 0 Å². The third kappa shape index (κ3) is 4.12. The number of unbranched alkanes of at least 4 members (excludes halogenated alkanes) is 2. The zero-order chi connectivity index (χ0) is 10.2. The highest BCUT2D eigenvalue weighted by Crippen LogP contribution is 2.23. The maximum Gasteiger partial charge on any atom is 0.0968 e. The van der Waals surface area contributed by atoms with Crippen LogP contribution in [0.3, 0.4) is 0 Å². The standard InChI is InChI=1S/C12H24N2/c1-2-3-7-10-14-12(13)11-8-5-4-6-9-11/h11H,2-10H2,1H3,(H2,13,14). The fraction of sp³-hybridized carbons (Fsp3) is 0.917. The molecule has 0 bridgehead atoms. The molecule has 0 heterocycles. The number of nitrogens with two attached hydrogens (primary N) is 1. The summed E-state index contributed by atoms with van der Waals surface area (Å²) in [5.41, 5.74) is 5.98. The van der Waals surface area contributed by atoms with Crippen LogP contribution in [0.4, 0.5) is 0 Å². The Bertz CT molecular complexity index is 169. The van der Waals surface area contributed by atoms with Crippen LogP contribution in [0.25, 0.3) is 0 Å². The smallest absolute Gasteiger partial charge is 0.0968 e. The number of rotatable bonds is 5. The monoisotopic (exact) mass is 196 g/mol. The van der Waals surface area contributed by atoms with Crippen LogP contribution in [-0.4, -0.2) is 12.4 Å². The van der Waals surface area contributed by atoms with Gasteiger partial charge in [-0.2, -0.15) is 0 Å². The molecule has 0 aromatic carbocycles.